The Hall–Kier alpha value is -3.93. The zero-order valence-corrected chi connectivity index (χ0v) is 17.6. The highest BCUT2D eigenvalue weighted by atomic mass is 16.5. The molecule has 0 bridgehead atoms. The molecule has 0 atom stereocenters. The number of nitrogens with one attached hydrogen (secondary N) is 2. The molecule has 0 unspecified atom stereocenters. The molecule has 2 amide bonds. The molecule has 0 fully saturated rings. The Labute approximate surface area is 182 Å². The minimum absolute atomic E-state index is 0.278. The summed E-state index contributed by atoms with van der Waals surface area (Å²) in [6.07, 6.45) is 1.47. The van der Waals surface area contributed by atoms with Crippen LogP contribution >= 0.6 is 0 Å². The molecule has 0 aromatic heterocycles. The zero-order valence-electron chi connectivity index (χ0n) is 17.6. The second-order valence-corrected chi connectivity index (χ2v) is 7.21. The van der Waals surface area contributed by atoms with E-state index in [2.05, 4.69) is 28.0 Å². The van der Waals surface area contributed by atoms with Crippen molar-refractivity contribution in [2.75, 3.05) is 0 Å². The third-order valence-corrected chi connectivity index (χ3v) is 4.57. The summed E-state index contributed by atoms with van der Waals surface area (Å²) in [6, 6.07) is 23.2. The van der Waals surface area contributed by atoms with Gasteiger partial charge in [-0.05, 0) is 54.8 Å². The maximum absolute atomic E-state index is 11.9. The molecule has 0 spiro atoms. The Morgan fingerprint density at radius 3 is 2.00 bits per heavy atom. The quantitative estimate of drug-likeness (QED) is 0.351. The summed E-state index contributed by atoms with van der Waals surface area (Å²) in [7, 11) is 0. The predicted molar refractivity (Wildman–Crippen MR) is 121 cm³/mol. The minimum atomic E-state index is -0.818. The topological polar surface area (TPSA) is 79.8 Å². The summed E-state index contributed by atoms with van der Waals surface area (Å²) in [5.41, 5.74) is 7.35. The Morgan fingerprint density at radius 2 is 1.39 bits per heavy atom. The number of aryl methyl sites for hydroxylation is 2. The van der Waals surface area contributed by atoms with Gasteiger partial charge in [0, 0.05) is 6.54 Å². The fraction of sp³-hybridized carbons (Fsp3) is 0.160. The van der Waals surface area contributed by atoms with Crippen LogP contribution in [-0.2, 0) is 22.7 Å². The predicted octanol–water partition coefficient (Wildman–Crippen LogP) is 3.65. The Morgan fingerprint density at radius 1 is 0.806 bits per heavy atom. The molecule has 0 aliphatic rings. The van der Waals surface area contributed by atoms with E-state index in [1.165, 1.54) is 11.8 Å². The van der Waals surface area contributed by atoms with E-state index in [0.29, 0.717) is 6.61 Å². The van der Waals surface area contributed by atoms with Gasteiger partial charge in [-0.25, -0.2) is 5.43 Å². The van der Waals surface area contributed by atoms with Crippen LogP contribution in [0.1, 0.15) is 27.8 Å². The molecule has 31 heavy (non-hydrogen) atoms. The van der Waals surface area contributed by atoms with Gasteiger partial charge in [0.1, 0.15) is 12.4 Å². The van der Waals surface area contributed by atoms with Gasteiger partial charge >= 0.3 is 11.8 Å². The average molecular weight is 415 g/mol. The highest BCUT2D eigenvalue weighted by Crippen LogP contribution is 2.14. The fourth-order valence-electron chi connectivity index (χ4n) is 2.69. The van der Waals surface area contributed by atoms with Crippen LogP contribution in [-0.4, -0.2) is 18.0 Å². The van der Waals surface area contributed by atoms with Crippen molar-refractivity contribution in [3.8, 4) is 5.75 Å². The monoisotopic (exact) mass is 415 g/mol. The first kappa shape index (κ1) is 21.8. The molecule has 3 aromatic carbocycles. The standard InChI is InChI=1S/C25H25N3O3/c1-18-3-7-20(8-4-18)15-26-24(29)25(30)28-27-16-21-11-13-23(14-12-21)31-17-22-9-5-19(2)6-10-22/h3-14,16H,15,17H2,1-2H3,(H,26,29)(H,28,30)/b27-16-. The van der Waals surface area contributed by atoms with E-state index in [-0.39, 0.29) is 6.54 Å². The van der Waals surface area contributed by atoms with E-state index < -0.39 is 11.8 Å². The van der Waals surface area contributed by atoms with Crippen molar-refractivity contribution in [3.05, 3.63) is 101 Å². The number of rotatable bonds is 7. The SMILES string of the molecule is Cc1ccc(CNC(=O)C(=O)N/N=C\c2ccc(OCc3ccc(C)cc3)cc2)cc1. The number of hydrazone groups is 1. The molecule has 0 saturated carbocycles. The molecule has 0 aliphatic carbocycles. The second kappa shape index (κ2) is 10.7. The van der Waals surface area contributed by atoms with Crippen molar-refractivity contribution in [2.45, 2.75) is 27.0 Å². The van der Waals surface area contributed by atoms with Crippen molar-refractivity contribution in [1.82, 2.24) is 10.7 Å². The lowest BCUT2D eigenvalue weighted by Gasteiger charge is -2.07. The molecule has 0 aliphatic heterocycles. The third-order valence-electron chi connectivity index (χ3n) is 4.57. The van der Waals surface area contributed by atoms with Gasteiger partial charge in [0.05, 0.1) is 6.21 Å². The van der Waals surface area contributed by atoms with Crippen LogP contribution in [0.25, 0.3) is 0 Å². The molecular formula is C25H25N3O3. The van der Waals surface area contributed by atoms with Gasteiger partial charge in [-0.2, -0.15) is 5.10 Å². The van der Waals surface area contributed by atoms with Gasteiger partial charge in [-0.3, -0.25) is 9.59 Å². The lowest BCUT2D eigenvalue weighted by molar-refractivity contribution is -0.139. The van der Waals surface area contributed by atoms with Crippen molar-refractivity contribution in [2.24, 2.45) is 5.10 Å². The summed E-state index contributed by atoms with van der Waals surface area (Å²) < 4.78 is 5.76. The van der Waals surface area contributed by atoms with E-state index in [0.717, 1.165) is 28.0 Å². The molecule has 0 saturated heterocycles. The summed E-state index contributed by atoms with van der Waals surface area (Å²) in [6.45, 7) is 4.80. The molecule has 2 N–H and O–H groups in total. The zero-order chi connectivity index (χ0) is 22.1. The van der Waals surface area contributed by atoms with Crippen LogP contribution in [0.3, 0.4) is 0 Å². The van der Waals surface area contributed by atoms with Crippen LogP contribution in [0.2, 0.25) is 0 Å². The first-order valence-electron chi connectivity index (χ1n) is 9.95. The van der Waals surface area contributed by atoms with Gasteiger partial charge in [-0.15, -0.1) is 0 Å². The largest absolute Gasteiger partial charge is 0.489 e. The Balaban J connectivity index is 1.42. The van der Waals surface area contributed by atoms with Crippen LogP contribution in [0, 0.1) is 13.8 Å². The average Bonchev–Trinajstić information content (AvgIpc) is 2.79. The van der Waals surface area contributed by atoms with Crippen molar-refractivity contribution < 1.29 is 14.3 Å². The number of benzene rings is 3. The third kappa shape index (κ3) is 7.12. The highest BCUT2D eigenvalue weighted by Gasteiger charge is 2.11. The molecule has 0 radical (unpaired) electrons. The van der Waals surface area contributed by atoms with Gasteiger partial charge in [0.2, 0.25) is 0 Å². The van der Waals surface area contributed by atoms with E-state index >= 15 is 0 Å². The molecular weight excluding hydrogens is 390 g/mol. The van der Waals surface area contributed by atoms with Gasteiger partial charge in [0.15, 0.2) is 0 Å². The van der Waals surface area contributed by atoms with Crippen LogP contribution in [0.5, 0.6) is 5.75 Å². The van der Waals surface area contributed by atoms with Crippen LogP contribution in [0.15, 0.2) is 77.9 Å². The number of ether oxygens (including phenoxy) is 1. The maximum atomic E-state index is 11.9. The minimum Gasteiger partial charge on any atom is -0.489 e. The number of hydrogen-bond donors (Lipinski definition) is 2. The first-order chi connectivity index (χ1) is 15.0. The lowest BCUT2D eigenvalue weighted by Crippen LogP contribution is -2.37. The molecule has 3 rings (SSSR count). The molecule has 0 heterocycles. The van der Waals surface area contributed by atoms with Crippen molar-refractivity contribution in [3.63, 3.8) is 0 Å². The Kier molecular flexibility index (Phi) is 7.54. The van der Waals surface area contributed by atoms with Gasteiger partial charge in [-0.1, -0.05) is 59.7 Å². The van der Waals surface area contributed by atoms with E-state index in [9.17, 15) is 9.59 Å². The normalized spacial score (nSPS) is 10.6. The molecule has 6 nitrogen and oxygen atoms in total. The van der Waals surface area contributed by atoms with Gasteiger partial charge in [0.25, 0.3) is 0 Å². The van der Waals surface area contributed by atoms with E-state index in [4.69, 9.17) is 4.74 Å². The molecule has 158 valence electrons. The molecule has 3 aromatic rings. The number of carbonyl (C=O) groups excluding carboxylic acids is 2. The fourth-order valence-corrected chi connectivity index (χ4v) is 2.69. The van der Waals surface area contributed by atoms with Crippen molar-refractivity contribution in [1.29, 1.82) is 0 Å². The number of carbonyl (C=O) groups is 2. The van der Waals surface area contributed by atoms with E-state index in [1.807, 2.05) is 74.5 Å². The molecule has 6 heteroatoms. The summed E-state index contributed by atoms with van der Waals surface area (Å²) in [5.74, 6) is -0.823. The first-order valence-corrected chi connectivity index (χ1v) is 9.95. The van der Waals surface area contributed by atoms with Gasteiger partial charge < -0.3 is 10.1 Å². The van der Waals surface area contributed by atoms with Crippen molar-refractivity contribution >= 4 is 18.0 Å². The highest BCUT2D eigenvalue weighted by molar-refractivity contribution is 6.35. The number of hydrogen-bond acceptors (Lipinski definition) is 4. The Bertz CT molecular complexity index is 1040. The number of nitrogens with zero attached hydrogens (tertiary/aromatic N) is 1. The van der Waals surface area contributed by atoms with E-state index in [1.54, 1.807) is 0 Å². The van der Waals surface area contributed by atoms with Crippen LogP contribution < -0.4 is 15.5 Å². The second-order valence-electron chi connectivity index (χ2n) is 7.21. The maximum Gasteiger partial charge on any atom is 0.329 e. The lowest BCUT2D eigenvalue weighted by atomic mass is 10.1. The summed E-state index contributed by atoms with van der Waals surface area (Å²) >= 11 is 0. The van der Waals surface area contributed by atoms with Crippen LogP contribution in [0.4, 0.5) is 0 Å². The summed E-state index contributed by atoms with van der Waals surface area (Å²) in [4.78, 5) is 23.7. The number of amides is 2. The summed E-state index contributed by atoms with van der Waals surface area (Å²) in [5, 5.41) is 6.40. The smallest absolute Gasteiger partial charge is 0.329 e.